The lowest BCUT2D eigenvalue weighted by atomic mass is 10.1. The number of nitro groups is 1. The van der Waals surface area contributed by atoms with Crippen LogP contribution in [0.5, 0.6) is 0 Å². The van der Waals surface area contributed by atoms with Crippen LogP contribution in [0, 0.1) is 16.0 Å². The fourth-order valence-corrected chi connectivity index (χ4v) is 2.18. The monoisotopic (exact) mass is 269 g/mol. The molecule has 1 aromatic rings. The topological polar surface area (TPSA) is 89.5 Å². The van der Waals surface area contributed by atoms with Gasteiger partial charge in [-0.2, -0.15) is 0 Å². The highest BCUT2D eigenvalue weighted by Gasteiger charge is 2.30. The fourth-order valence-electron chi connectivity index (χ4n) is 2.00. The summed E-state index contributed by atoms with van der Waals surface area (Å²) in [6.45, 7) is 0.923. The Morgan fingerprint density at radius 1 is 1.56 bits per heavy atom. The lowest BCUT2D eigenvalue weighted by Crippen LogP contribution is -2.25. The number of carbonyl (C=O) groups is 1. The molecule has 0 aromatic heterocycles. The Morgan fingerprint density at radius 2 is 2.28 bits per heavy atom. The molecule has 7 heteroatoms. The van der Waals surface area contributed by atoms with Crippen molar-refractivity contribution in [3.63, 3.8) is 0 Å². The molecule has 0 saturated carbocycles. The molecular formula is C11H12ClN3O3. The quantitative estimate of drug-likeness (QED) is 0.666. The van der Waals surface area contributed by atoms with Crippen LogP contribution in [0.25, 0.3) is 0 Å². The average molecular weight is 270 g/mol. The van der Waals surface area contributed by atoms with Gasteiger partial charge in [0.2, 0.25) is 5.91 Å². The van der Waals surface area contributed by atoms with Crippen molar-refractivity contribution in [1.29, 1.82) is 0 Å². The minimum absolute atomic E-state index is 0.0609. The van der Waals surface area contributed by atoms with Crippen molar-refractivity contribution in [1.82, 2.24) is 0 Å². The molecule has 6 nitrogen and oxygen atoms in total. The minimum Gasteiger partial charge on any atom is -0.330 e. The van der Waals surface area contributed by atoms with Gasteiger partial charge in [0.1, 0.15) is 5.02 Å². The second kappa shape index (κ2) is 4.91. The summed E-state index contributed by atoms with van der Waals surface area (Å²) in [6, 6.07) is 4.35. The van der Waals surface area contributed by atoms with Gasteiger partial charge in [0.15, 0.2) is 0 Å². The fraction of sp³-hybridized carbons (Fsp3) is 0.364. The van der Waals surface area contributed by atoms with Gasteiger partial charge in [0.05, 0.1) is 10.6 Å². The van der Waals surface area contributed by atoms with Crippen LogP contribution >= 0.6 is 11.6 Å². The van der Waals surface area contributed by atoms with E-state index in [9.17, 15) is 14.9 Å². The zero-order chi connectivity index (χ0) is 13.3. The third-order valence-electron chi connectivity index (χ3n) is 2.98. The Kier molecular flexibility index (Phi) is 3.49. The molecule has 1 aliphatic rings. The van der Waals surface area contributed by atoms with Gasteiger partial charge in [-0.1, -0.05) is 11.6 Å². The summed E-state index contributed by atoms with van der Waals surface area (Å²) in [4.78, 5) is 23.5. The smallest absolute Gasteiger partial charge is 0.289 e. The van der Waals surface area contributed by atoms with Gasteiger partial charge in [-0.15, -0.1) is 0 Å². The number of anilines is 1. The van der Waals surface area contributed by atoms with E-state index in [-0.39, 0.29) is 22.5 Å². The van der Waals surface area contributed by atoms with E-state index in [1.165, 1.54) is 17.0 Å². The molecule has 1 fully saturated rings. The maximum absolute atomic E-state index is 11.8. The lowest BCUT2D eigenvalue weighted by molar-refractivity contribution is -0.384. The molecule has 1 aromatic carbocycles. The van der Waals surface area contributed by atoms with Gasteiger partial charge in [-0.3, -0.25) is 14.9 Å². The van der Waals surface area contributed by atoms with Crippen molar-refractivity contribution in [2.75, 3.05) is 18.0 Å². The summed E-state index contributed by atoms with van der Waals surface area (Å²) in [6.07, 6.45) is 0.382. The molecule has 18 heavy (non-hydrogen) atoms. The van der Waals surface area contributed by atoms with Crippen molar-refractivity contribution < 1.29 is 9.72 Å². The number of nitrogens with zero attached hydrogens (tertiary/aromatic N) is 2. The van der Waals surface area contributed by atoms with Crippen LogP contribution in [-0.2, 0) is 4.79 Å². The van der Waals surface area contributed by atoms with E-state index < -0.39 is 4.92 Å². The van der Waals surface area contributed by atoms with Gasteiger partial charge in [0.25, 0.3) is 5.69 Å². The van der Waals surface area contributed by atoms with Crippen LogP contribution in [0.15, 0.2) is 18.2 Å². The highest BCUT2D eigenvalue weighted by Crippen LogP contribution is 2.32. The molecule has 0 bridgehead atoms. The van der Waals surface area contributed by atoms with E-state index in [1.807, 2.05) is 0 Å². The summed E-state index contributed by atoms with van der Waals surface area (Å²) in [5.41, 5.74) is 5.83. The van der Waals surface area contributed by atoms with Crippen LogP contribution in [-0.4, -0.2) is 23.9 Å². The lowest BCUT2D eigenvalue weighted by Gasteiger charge is -2.16. The number of nitrogens with two attached hydrogens (primary N) is 1. The molecule has 1 aliphatic heterocycles. The van der Waals surface area contributed by atoms with E-state index >= 15 is 0 Å². The molecule has 2 N–H and O–H groups in total. The average Bonchev–Trinajstić information content (AvgIpc) is 2.71. The number of nitro benzene ring substituents is 1. The summed E-state index contributed by atoms with van der Waals surface area (Å²) < 4.78 is 0. The highest BCUT2D eigenvalue weighted by molar-refractivity contribution is 6.32. The second-order valence-corrected chi connectivity index (χ2v) is 4.61. The third-order valence-corrected chi connectivity index (χ3v) is 3.30. The molecule has 1 saturated heterocycles. The largest absolute Gasteiger partial charge is 0.330 e. The number of rotatable bonds is 3. The number of benzene rings is 1. The van der Waals surface area contributed by atoms with Gasteiger partial charge in [-0.05, 0) is 24.6 Å². The standard InChI is InChI=1S/C11H12ClN3O3/c12-9-2-1-8(4-10(9)15(17)18)14-6-7(5-13)3-11(14)16/h1-2,4,7H,3,5-6,13H2. The molecule has 96 valence electrons. The van der Waals surface area contributed by atoms with Crippen LogP contribution in [0.3, 0.4) is 0 Å². The van der Waals surface area contributed by atoms with Gasteiger partial charge >= 0.3 is 0 Å². The maximum Gasteiger partial charge on any atom is 0.289 e. The van der Waals surface area contributed by atoms with Crippen LogP contribution in [0.4, 0.5) is 11.4 Å². The van der Waals surface area contributed by atoms with Gasteiger partial charge in [-0.25, -0.2) is 0 Å². The van der Waals surface area contributed by atoms with Gasteiger partial charge in [0, 0.05) is 19.0 Å². The number of amides is 1. The number of hydrogen-bond donors (Lipinski definition) is 1. The van der Waals surface area contributed by atoms with Crippen LogP contribution in [0.1, 0.15) is 6.42 Å². The number of halogens is 1. The summed E-state index contributed by atoms with van der Waals surface area (Å²) >= 11 is 5.73. The SMILES string of the molecule is NCC1CC(=O)N(c2ccc(Cl)c([N+](=O)[O-])c2)C1. The van der Waals surface area contributed by atoms with Crippen molar-refractivity contribution in [2.24, 2.45) is 11.7 Å². The van der Waals surface area contributed by atoms with E-state index in [0.29, 0.717) is 25.2 Å². The highest BCUT2D eigenvalue weighted by atomic mass is 35.5. The number of hydrogen-bond acceptors (Lipinski definition) is 4. The van der Waals surface area contributed by atoms with E-state index in [1.54, 1.807) is 6.07 Å². The molecule has 1 heterocycles. The molecule has 1 atom stereocenters. The Balaban J connectivity index is 2.32. The first kappa shape index (κ1) is 12.8. The molecular weight excluding hydrogens is 258 g/mol. The Hall–Kier alpha value is -1.66. The molecule has 1 unspecified atom stereocenters. The molecule has 0 spiro atoms. The first-order valence-electron chi connectivity index (χ1n) is 5.47. The van der Waals surface area contributed by atoms with Crippen LogP contribution < -0.4 is 10.6 Å². The first-order chi connectivity index (χ1) is 8.52. The first-order valence-corrected chi connectivity index (χ1v) is 5.85. The summed E-state index contributed by atoms with van der Waals surface area (Å²) in [5, 5.41) is 10.8. The van der Waals surface area contributed by atoms with E-state index in [0.717, 1.165) is 0 Å². The minimum atomic E-state index is -0.563. The zero-order valence-corrected chi connectivity index (χ0v) is 10.3. The number of carbonyl (C=O) groups excluding carboxylic acids is 1. The van der Waals surface area contributed by atoms with Crippen molar-refractivity contribution in [3.8, 4) is 0 Å². The normalized spacial score (nSPS) is 19.3. The summed E-state index contributed by atoms with van der Waals surface area (Å²) in [7, 11) is 0. The van der Waals surface area contributed by atoms with E-state index in [2.05, 4.69) is 0 Å². The molecule has 1 amide bonds. The zero-order valence-electron chi connectivity index (χ0n) is 9.51. The van der Waals surface area contributed by atoms with Crippen molar-refractivity contribution in [2.45, 2.75) is 6.42 Å². The third kappa shape index (κ3) is 2.30. The molecule has 0 radical (unpaired) electrons. The second-order valence-electron chi connectivity index (χ2n) is 4.20. The Morgan fingerprint density at radius 3 is 2.83 bits per heavy atom. The summed E-state index contributed by atoms with van der Waals surface area (Å²) in [5.74, 6) is 0.0364. The Bertz CT molecular complexity index is 506. The van der Waals surface area contributed by atoms with E-state index in [4.69, 9.17) is 17.3 Å². The predicted octanol–water partition coefficient (Wildman–Crippen LogP) is 1.56. The van der Waals surface area contributed by atoms with Crippen molar-refractivity contribution >= 4 is 28.9 Å². The molecule has 0 aliphatic carbocycles. The van der Waals surface area contributed by atoms with Gasteiger partial charge < -0.3 is 10.6 Å². The molecule has 2 rings (SSSR count). The van der Waals surface area contributed by atoms with Crippen molar-refractivity contribution in [3.05, 3.63) is 33.3 Å². The maximum atomic E-state index is 11.8. The Labute approximate surface area is 108 Å². The van der Waals surface area contributed by atoms with Crippen LogP contribution in [0.2, 0.25) is 5.02 Å². The predicted molar refractivity (Wildman–Crippen MR) is 67.6 cm³/mol.